The molecule has 0 fully saturated rings. The molecule has 0 unspecified atom stereocenters. The summed E-state index contributed by atoms with van der Waals surface area (Å²) in [6.45, 7) is 0. The Morgan fingerprint density at radius 2 is 0.600 bits per heavy atom. The number of nitrogens with one attached hydrogen (secondary N) is 6. The van der Waals surface area contributed by atoms with Crippen LogP contribution >= 0.6 is 0 Å². The zero-order chi connectivity index (χ0) is 38.6. The first-order chi connectivity index (χ1) is 26.6. The molecule has 0 aromatic heterocycles. The molecule has 14 nitrogen and oxygen atoms in total. The molecule has 0 aliphatic carbocycles. The first-order valence-electron chi connectivity index (χ1n) is 16.5. The van der Waals surface area contributed by atoms with Gasteiger partial charge in [-0.1, -0.05) is 36.4 Å². The van der Waals surface area contributed by atoms with Crippen molar-refractivity contribution >= 4 is 68.2 Å². The van der Waals surface area contributed by atoms with Crippen molar-refractivity contribution < 1.29 is 37.1 Å². The van der Waals surface area contributed by atoms with Crippen molar-refractivity contribution in [3.05, 3.63) is 158 Å². The minimum absolute atomic E-state index is 0.00273. The normalized spacial score (nSPS) is 10.6. The Labute approximate surface area is 315 Å². The molecule has 0 radical (unpaired) electrons. The standard InChI is InChI=1S/C40H32N6O8S/c47-37(41-27-11-15-31(16-12-27)45-39(49)53-33-7-3-1-4-8-33)43-29-19-23-35(24-20-29)55(51,52)36-25-21-30(22-26-36)44-38(48)42-28-13-17-32(18-14-28)46-40(50)54-34-9-5-2-6-10-34/h1-26H,(H,45,49)(H,46,50)(H2,41,43,47)(H2,42,44,48). The largest absolute Gasteiger partial charge is 0.417 e. The minimum atomic E-state index is -3.92. The van der Waals surface area contributed by atoms with Gasteiger partial charge in [-0.25, -0.2) is 27.6 Å². The maximum atomic E-state index is 13.3. The number of anilines is 6. The molecule has 0 bridgehead atoms. The number of hydrogen-bond donors (Lipinski definition) is 6. The van der Waals surface area contributed by atoms with Gasteiger partial charge in [-0.2, -0.15) is 0 Å². The van der Waals surface area contributed by atoms with Gasteiger partial charge in [-0.05, 0) is 121 Å². The van der Waals surface area contributed by atoms with Gasteiger partial charge in [-0.3, -0.25) is 10.6 Å². The number of rotatable bonds is 10. The maximum absolute atomic E-state index is 13.3. The Kier molecular flexibility index (Phi) is 11.6. The van der Waals surface area contributed by atoms with Crippen LogP contribution in [0.25, 0.3) is 0 Å². The van der Waals surface area contributed by atoms with Crippen LogP contribution in [0, 0.1) is 0 Å². The SMILES string of the molecule is O=C(Nc1ccc(NC(=O)Oc2ccccc2)cc1)Nc1ccc(S(=O)(=O)c2ccc(NC(=O)Nc3ccc(NC(=O)Oc4ccccc4)cc3)cc2)cc1. The maximum Gasteiger partial charge on any atom is 0.417 e. The summed E-state index contributed by atoms with van der Waals surface area (Å²) in [6.07, 6.45) is -1.32. The van der Waals surface area contributed by atoms with E-state index < -0.39 is 34.1 Å². The predicted molar refractivity (Wildman–Crippen MR) is 209 cm³/mol. The van der Waals surface area contributed by atoms with Crippen molar-refractivity contribution in [2.24, 2.45) is 0 Å². The first kappa shape index (κ1) is 37.1. The van der Waals surface area contributed by atoms with Gasteiger partial charge in [0, 0.05) is 34.1 Å². The van der Waals surface area contributed by atoms with Crippen LogP contribution in [0.4, 0.5) is 53.3 Å². The number of carbonyl (C=O) groups excluding carboxylic acids is 4. The molecule has 6 aromatic carbocycles. The average molecular weight is 757 g/mol. The smallest absolute Gasteiger partial charge is 0.410 e. The van der Waals surface area contributed by atoms with Gasteiger partial charge in [0.15, 0.2) is 0 Å². The Morgan fingerprint density at radius 3 is 0.891 bits per heavy atom. The van der Waals surface area contributed by atoms with Crippen LogP contribution in [0.15, 0.2) is 168 Å². The lowest BCUT2D eigenvalue weighted by molar-refractivity contribution is 0.214. The highest BCUT2D eigenvalue weighted by Gasteiger charge is 2.18. The third kappa shape index (κ3) is 10.7. The van der Waals surface area contributed by atoms with Crippen molar-refractivity contribution in [1.29, 1.82) is 0 Å². The number of amides is 6. The number of urea groups is 2. The van der Waals surface area contributed by atoms with Crippen molar-refractivity contribution in [3.63, 3.8) is 0 Å². The van der Waals surface area contributed by atoms with Gasteiger partial charge in [0.25, 0.3) is 0 Å². The second-order valence-corrected chi connectivity index (χ2v) is 13.5. The number of benzene rings is 6. The van der Waals surface area contributed by atoms with E-state index >= 15 is 0 Å². The Bertz CT molecular complexity index is 2210. The summed E-state index contributed by atoms with van der Waals surface area (Å²) in [6, 6.07) is 40.1. The zero-order valence-electron chi connectivity index (χ0n) is 28.7. The number of hydrogen-bond acceptors (Lipinski definition) is 8. The van der Waals surface area contributed by atoms with E-state index in [1.54, 1.807) is 109 Å². The van der Waals surface area contributed by atoms with E-state index in [0.717, 1.165) is 0 Å². The summed E-state index contributed by atoms with van der Waals surface area (Å²) < 4.78 is 37.0. The monoisotopic (exact) mass is 756 g/mol. The van der Waals surface area contributed by atoms with E-state index in [9.17, 15) is 27.6 Å². The minimum Gasteiger partial charge on any atom is -0.410 e. The van der Waals surface area contributed by atoms with E-state index in [1.807, 2.05) is 0 Å². The van der Waals surface area contributed by atoms with E-state index in [-0.39, 0.29) is 9.79 Å². The molecule has 0 spiro atoms. The van der Waals surface area contributed by atoms with E-state index in [2.05, 4.69) is 31.9 Å². The highest BCUT2D eigenvalue weighted by molar-refractivity contribution is 7.91. The molecule has 0 saturated heterocycles. The van der Waals surface area contributed by atoms with Crippen LogP contribution in [0.3, 0.4) is 0 Å². The topological polar surface area (TPSA) is 193 Å². The van der Waals surface area contributed by atoms with Gasteiger partial charge in [0.1, 0.15) is 11.5 Å². The number of carbonyl (C=O) groups is 4. The molecule has 6 aromatic rings. The Morgan fingerprint density at radius 1 is 0.345 bits per heavy atom. The van der Waals surface area contributed by atoms with Crippen molar-refractivity contribution in [2.45, 2.75) is 9.79 Å². The molecule has 6 rings (SSSR count). The lowest BCUT2D eigenvalue weighted by atomic mass is 10.3. The third-order valence-corrected chi connectivity index (χ3v) is 9.32. The zero-order valence-corrected chi connectivity index (χ0v) is 29.5. The number of ether oxygens (including phenoxy) is 2. The molecule has 0 saturated carbocycles. The van der Waals surface area contributed by atoms with E-state index in [4.69, 9.17) is 9.47 Å². The summed E-state index contributed by atoms with van der Waals surface area (Å²) in [5.74, 6) is 0.793. The molecule has 6 amide bonds. The van der Waals surface area contributed by atoms with Crippen molar-refractivity contribution in [1.82, 2.24) is 0 Å². The summed E-state index contributed by atoms with van der Waals surface area (Å²) in [5.41, 5.74) is 2.50. The highest BCUT2D eigenvalue weighted by Crippen LogP contribution is 2.25. The number of para-hydroxylation sites is 2. The van der Waals surface area contributed by atoms with Gasteiger partial charge in [0.05, 0.1) is 9.79 Å². The summed E-state index contributed by atoms with van der Waals surface area (Å²) >= 11 is 0. The highest BCUT2D eigenvalue weighted by atomic mass is 32.2. The van der Waals surface area contributed by atoms with E-state index in [1.165, 1.54) is 48.5 Å². The van der Waals surface area contributed by atoms with Crippen LogP contribution in [-0.2, 0) is 9.84 Å². The van der Waals surface area contributed by atoms with Crippen LogP contribution in [0.1, 0.15) is 0 Å². The fourth-order valence-electron chi connectivity index (χ4n) is 4.91. The molecular formula is C40H32N6O8S. The predicted octanol–water partition coefficient (Wildman–Crippen LogP) is 9.03. The molecule has 55 heavy (non-hydrogen) atoms. The second kappa shape index (κ2) is 17.2. The fraction of sp³-hybridized carbons (Fsp3) is 0. The average Bonchev–Trinajstić information content (AvgIpc) is 3.17. The summed E-state index contributed by atoms with van der Waals surface area (Å²) in [5, 5.41) is 15.8. The van der Waals surface area contributed by atoms with Crippen molar-refractivity contribution in [3.8, 4) is 11.5 Å². The molecule has 6 N–H and O–H groups in total. The quantitative estimate of drug-likeness (QED) is 0.0797. The van der Waals surface area contributed by atoms with Crippen molar-refractivity contribution in [2.75, 3.05) is 31.9 Å². The molecule has 0 aliphatic heterocycles. The summed E-state index contributed by atoms with van der Waals surface area (Å²) in [7, 11) is -3.92. The molecular weight excluding hydrogens is 725 g/mol. The van der Waals surface area contributed by atoms with E-state index in [0.29, 0.717) is 45.6 Å². The van der Waals surface area contributed by atoms with Crippen LogP contribution < -0.4 is 41.4 Å². The second-order valence-electron chi connectivity index (χ2n) is 11.5. The summed E-state index contributed by atoms with van der Waals surface area (Å²) in [4.78, 5) is 49.3. The van der Waals surface area contributed by atoms with Crippen LogP contribution in [0.2, 0.25) is 0 Å². The van der Waals surface area contributed by atoms with Gasteiger partial charge in [-0.15, -0.1) is 0 Å². The molecule has 15 heteroatoms. The van der Waals surface area contributed by atoms with Gasteiger partial charge < -0.3 is 30.7 Å². The molecule has 0 atom stereocenters. The lowest BCUT2D eigenvalue weighted by Crippen LogP contribution is -2.20. The van der Waals surface area contributed by atoms with Crippen LogP contribution in [0.5, 0.6) is 11.5 Å². The Hall–Kier alpha value is -7.65. The molecule has 276 valence electrons. The third-order valence-electron chi connectivity index (χ3n) is 7.53. The van der Waals surface area contributed by atoms with Gasteiger partial charge in [0.2, 0.25) is 9.84 Å². The number of sulfone groups is 1. The molecule has 0 aliphatic rings. The van der Waals surface area contributed by atoms with Crippen LogP contribution in [-0.4, -0.2) is 32.7 Å². The van der Waals surface area contributed by atoms with Gasteiger partial charge >= 0.3 is 24.2 Å². The first-order valence-corrected chi connectivity index (χ1v) is 18.0. The Balaban J connectivity index is 0.953. The fourth-order valence-corrected chi connectivity index (χ4v) is 6.17. The molecule has 0 heterocycles. The lowest BCUT2D eigenvalue weighted by Gasteiger charge is -2.11.